The molecule has 0 aliphatic carbocycles. The molecule has 2 rings (SSSR count). The molecule has 5 nitrogen and oxygen atoms in total. The molecule has 1 aromatic carbocycles. The Bertz CT molecular complexity index is 605. The van der Waals surface area contributed by atoms with Crippen molar-refractivity contribution < 1.29 is 4.92 Å². The van der Waals surface area contributed by atoms with E-state index in [1.54, 1.807) is 6.20 Å². The molecular weight excluding hydrogens is 322 g/mol. The van der Waals surface area contributed by atoms with E-state index in [0.717, 1.165) is 12.0 Å². The van der Waals surface area contributed by atoms with Crippen molar-refractivity contribution in [2.24, 2.45) is 0 Å². The number of hydrogen-bond donors (Lipinski definition) is 1. The number of hydrogen-bond acceptors (Lipinski definition) is 4. The van der Waals surface area contributed by atoms with Crippen LogP contribution in [0.3, 0.4) is 0 Å². The molecule has 1 unspecified atom stereocenters. The summed E-state index contributed by atoms with van der Waals surface area (Å²) in [6.07, 6.45) is 3.62. The number of nitro groups is 1. The maximum Gasteiger partial charge on any atom is 0.311 e. The van der Waals surface area contributed by atoms with Gasteiger partial charge in [0.2, 0.25) is 0 Å². The molecule has 0 amide bonds. The molecule has 0 fully saturated rings. The molecule has 0 aliphatic heterocycles. The van der Waals surface area contributed by atoms with Crippen molar-refractivity contribution >= 4 is 27.3 Å². The molecule has 6 heteroatoms. The third kappa shape index (κ3) is 3.14. The minimum absolute atomic E-state index is 0.00796. The van der Waals surface area contributed by atoms with Gasteiger partial charge in [0.05, 0.1) is 15.4 Å². The second-order valence-corrected chi connectivity index (χ2v) is 5.14. The Morgan fingerprint density at radius 1 is 1.35 bits per heavy atom. The van der Waals surface area contributed by atoms with E-state index in [0.29, 0.717) is 10.2 Å². The molecule has 0 aliphatic rings. The van der Waals surface area contributed by atoms with Crippen LogP contribution in [0.2, 0.25) is 0 Å². The average molecular weight is 336 g/mol. The van der Waals surface area contributed by atoms with Gasteiger partial charge in [-0.15, -0.1) is 0 Å². The Labute approximate surface area is 125 Å². The van der Waals surface area contributed by atoms with Gasteiger partial charge in [0, 0.05) is 6.20 Å². The Morgan fingerprint density at radius 2 is 2.05 bits per heavy atom. The van der Waals surface area contributed by atoms with Crippen molar-refractivity contribution in [1.82, 2.24) is 4.98 Å². The second-order valence-electron chi connectivity index (χ2n) is 4.29. The predicted octanol–water partition coefficient (Wildman–Crippen LogP) is 4.32. The lowest BCUT2D eigenvalue weighted by molar-refractivity contribution is -0.384. The molecule has 0 saturated heterocycles. The topological polar surface area (TPSA) is 68.1 Å². The van der Waals surface area contributed by atoms with Gasteiger partial charge in [-0.2, -0.15) is 0 Å². The normalized spacial score (nSPS) is 11.9. The smallest absolute Gasteiger partial charge is 0.311 e. The SMILES string of the molecule is CCC(Nc1c(Br)cncc1[N+](=O)[O-])c1ccccc1. The van der Waals surface area contributed by atoms with Crippen molar-refractivity contribution in [2.75, 3.05) is 5.32 Å². The third-order valence-electron chi connectivity index (χ3n) is 3.01. The van der Waals surface area contributed by atoms with Crippen LogP contribution in [0.5, 0.6) is 0 Å². The summed E-state index contributed by atoms with van der Waals surface area (Å²) in [7, 11) is 0. The molecule has 1 heterocycles. The van der Waals surface area contributed by atoms with Crippen LogP contribution in [0.25, 0.3) is 0 Å². The number of halogens is 1. The Balaban J connectivity index is 2.35. The maximum atomic E-state index is 11.1. The minimum atomic E-state index is -0.433. The van der Waals surface area contributed by atoms with E-state index in [1.165, 1.54) is 6.20 Å². The molecule has 2 aromatic rings. The van der Waals surface area contributed by atoms with E-state index in [-0.39, 0.29) is 11.7 Å². The van der Waals surface area contributed by atoms with Gasteiger partial charge in [0.25, 0.3) is 0 Å². The highest BCUT2D eigenvalue weighted by Gasteiger charge is 2.20. The molecule has 0 spiro atoms. The van der Waals surface area contributed by atoms with Crippen molar-refractivity contribution in [3.63, 3.8) is 0 Å². The van der Waals surface area contributed by atoms with Crippen molar-refractivity contribution in [2.45, 2.75) is 19.4 Å². The van der Waals surface area contributed by atoms with Gasteiger partial charge in [0.1, 0.15) is 11.9 Å². The fourth-order valence-corrected chi connectivity index (χ4v) is 2.42. The molecule has 1 atom stereocenters. The van der Waals surface area contributed by atoms with Crippen LogP contribution in [-0.4, -0.2) is 9.91 Å². The fraction of sp³-hybridized carbons (Fsp3) is 0.214. The van der Waals surface area contributed by atoms with E-state index in [2.05, 4.69) is 26.2 Å². The number of benzene rings is 1. The van der Waals surface area contributed by atoms with Crippen LogP contribution >= 0.6 is 15.9 Å². The lowest BCUT2D eigenvalue weighted by Crippen LogP contribution is -2.11. The van der Waals surface area contributed by atoms with Gasteiger partial charge in [-0.1, -0.05) is 37.3 Å². The van der Waals surface area contributed by atoms with Crippen LogP contribution < -0.4 is 5.32 Å². The number of aromatic nitrogens is 1. The van der Waals surface area contributed by atoms with Gasteiger partial charge in [-0.3, -0.25) is 15.1 Å². The summed E-state index contributed by atoms with van der Waals surface area (Å²) in [5, 5.41) is 14.3. The van der Waals surface area contributed by atoms with Gasteiger partial charge in [-0.05, 0) is 27.9 Å². The van der Waals surface area contributed by atoms with Gasteiger partial charge in [0.15, 0.2) is 0 Å². The van der Waals surface area contributed by atoms with Crippen molar-refractivity contribution in [3.8, 4) is 0 Å². The number of anilines is 1. The van der Waals surface area contributed by atoms with Crippen LogP contribution in [-0.2, 0) is 0 Å². The van der Waals surface area contributed by atoms with E-state index < -0.39 is 4.92 Å². The number of nitrogens with one attached hydrogen (secondary N) is 1. The monoisotopic (exact) mass is 335 g/mol. The third-order valence-corrected chi connectivity index (χ3v) is 3.61. The summed E-state index contributed by atoms with van der Waals surface area (Å²) >= 11 is 3.32. The van der Waals surface area contributed by atoms with Crippen molar-refractivity contribution in [3.05, 3.63) is 62.9 Å². The lowest BCUT2D eigenvalue weighted by atomic mass is 10.0. The first-order valence-corrected chi connectivity index (χ1v) is 7.02. The van der Waals surface area contributed by atoms with E-state index >= 15 is 0 Å². The summed E-state index contributed by atoms with van der Waals surface area (Å²) in [5.74, 6) is 0. The minimum Gasteiger partial charge on any atom is -0.372 e. The highest BCUT2D eigenvalue weighted by atomic mass is 79.9. The second kappa shape index (κ2) is 6.47. The molecular formula is C14H14BrN3O2. The first-order chi connectivity index (χ1) is 9.63. The predicted molar refractivity (Wildman–Crippen MR) is 81.7 cm³/mol. The summed E-state index contributed by atoms with van der Waals surface area (Å²) in [6, 6.07) is 9.87. The Kier molecular flexibility index (Phi) is 4.68. The molecule has 1 aromatic heterocycles. The molecule has 104 valence electrons. The summed E-state index contributed by atoms with van der Waals surface area (Å²) in [4.78, 5) is 14.5. The quantitative estimate of drug-likeness (QED) is 0.652. The number of nitrogens with zero attached hydrogens (tertiary/aromatic N) is 2. The van der Waals surface area contributed by atoms with E-state index in [9.17, 15) is 10.1 Å². The maximum absolute atomic E-state index is 11.1. The van der Waals surface area contributed by atoms with Crippen molar-refractivity contribution in [1.29, 1.82) is 0 Å². The first-order valence-electron chi connectivity index (χ1n) is 6.22. The van der Waals surface area contributed by atoms with Crippen LogP contribution in [0, 0.1) is 10.1 Å². The van der Waals surface area contributed by atoms with Gasteiger partial charge in [-0.25, -0.2) is 0 Å². The highest BCUT2D eigenvalue weighted by Crippen LogP contribution is 2.34. The molecule has 0 bridgehead atoms. The number of rotatable bonds is 5. The van der Waals surface area contributed by atoms with Crippen LogP contribution in [0.1, 0.15) is 24.9 Å². The van der Waals surface area contributed by atoms with Crippen LogP contribution in [0.15, 0.2) is 47.2 Å². The fourth-order valence-electron chi connectivity index (χ4n) is 1.99. The zero-order valence-electron chi connectivity index (χ0n) is 10.9. The molecule has 1 N–H and O–H groups in total. The van der Waals surface area contributed by atoms with Gasteiger partial charge < -0.3 is 5.32 Å². The lowest BCUT2D eigenvalue weighted by Gasteiger charge is -2.19. The highest BCUT2D eigenvalue weighted by molar-refractivity contribution is 9.10. The summed E-state index contributed by atoms with van der Waals surface area (Å²) in [5.41, 5.74) is 1.52. The Morgan fingerprint density at radius 3 is 2.65 bits per heavy atom. The molecule has 0 radical (unpaired) electrons. The zero-order valence-corrected chi connectivity index (χ0v) is 12.5. The van der Waals surface area contributed by atoms with E-state index in [4.69, 9.17) is 0 Å². The largest absolute Gasteiger partial charge is 0.372 e. The van der Waals surface area contributed by atoms with E-state index in [1.807, 2.05) is 37.3 Å². The molecule has 0 saturated carbocycles. The average Bonchev–Trinajstić information content (AvgIpc) is 2.46. The zero-order chi connectivity index (χ0) is 14.5. The van der Waals surface area contributed by atoms with Crippen LogP contribution in [0.4, 0.5) is 11.4 Å². The Hall–Kier alpha value is -1.95. The number of pyridine rings is 1. The summed E-state index contributed by atoms with van der Waals surface area (Å²) in [6.45, 7) is 2.03. The first kappa shape index (κ1) is 14.5. The van der Waals surface area contributed by atoms with Gasteiger partial charge >= 0.3 is 5.69 Å². The molecule has 20 heavy (non-hydrogen) atoms. The standard InChI is InChI=1S/C14H14BrN3O2/c1-2-12(10-6-4-3-5-7-10)17-14-11(15)8-16-9-13(14)18(19)20/h3-9,12H,2H2,1H3,(H,16,17). The summed E-state index contributed by atoms with van der Waals surface area (Å²) < 4.78 is 0.584.